The van der Waals surface area contributed by atoms with E-state index in [9.17, 15) is 0 Å². The van der Waals surface area contributed by atoms with Gasteiger partial charge in [0, 0.05) is 5.69 Å². The fourth-order valence-electron chi connectivity index (χ4n) is 1.81. The second-order valence-corrected chi connectivity index (χ2v) is 5.03. The van der Waals surface area contributed by atoms with Gasteiger partial charge < -0.3 is 11.1 Å². The first-order valence-corrected chi connectivity index (χ1v) is 6.40. The number of thiazole rings is 1. The molecule has 0 atom stereocenters. The maximum atomic E-state index is 5.71. The van der Waals surface area contributed by atoms with Crippen LogP contribution >= 0.6 is 11.3 Å². The molecular weight excluding hydrogens is 244 g/mol. The third kappa shape index (κ3) is 2.00. The summed E-state index contributed by atoms with van der Waals surface area (Å²) in [6.07, 6.45) is 0. The monoisotopic (exact) mass is 256 g/mol. The van der Waals surface area contributed by atoms with Crippen LogP contribution in [0.25, 0.3) is 10.3 Å². The predicted octanol–water partition coefficient (Wildman–Crippen LogP) is 3.33. The molecule has 1 aromatic carbocycles. The van der Waals surface area contributed by atoms with Crippen molar-refractivity contribution in [2.45, 2.75) is 6.92 Å². The quantitative estimate of drug-likeness (QED) is 0.738. The van der Waals surface area contributed by atoms with E-state index in [1.807, 2.05) is 43.3 Å². The number of rotatable bonds is 2. The van der Waals surface area contributed by atoms with E-state index in [1.54, 1.807) is 0 Å². The lowest BCUT2D eigenvalue weighted by Crippen LogP contribution is -1.94. The highest BCUT2D eigenvalue weighted by molar-refractivity contribution is 7.21. The minimum Gasteiger partial charge on any atom is -0.375 e. The Morgan fingerprint density at radius 2 is 1.94 bits per heavy atom. The van der Waals surface area contributed by atoms with Gasteiger partial charge in [-0.15, -0.1) is 0 Å². The van der Waals surface area contributed by atoms with E-state index < -0.39 is 0 Å². The van der Waals surface area contributed by atoms with Gasteiger partial charge in [-0.25, -0.2) is 9.97 Å². The minimum absolute atomic E-state index is 0.553. The predicted molar refractivity (Wildman–Crippen MR) is 76.3 cm³/mol. The summed E-state index contributed by atoms with van der Waals surface area (Å²) < 4.78 is 0. The zero-order chi connectivity index (χ0) is 12.5. The standard InChI is InChI=1S/C13H12N4S/c1-8-7-10(15-9-5-3-2-4-6-9)16-12-11(8)17-13(14)18-12/h2-7H,1H3,(H2,14,17)(H,15,16). The molecule has 0 spiro atoms. The molecule has 0 aliphatic heterocycles. The first-order valence-electron chi connectivity index (χ1n) is 5.58. The summed E-state index contributed by atoms with van der Waals surface area (Å²) in [6, 6.07) is 11.9. The zero-order valence-corrected chi connectivity index (χ0v) is 10.7. The lowest BCUT2D eigenvalue weighted by Gasteiger charge is -2.06. The summed E-state index contributed by atoms with van der Waals surface area (Å²) in [5, 5.41) is 3.83. The average molecular weight is 256 g/mol. The van der Waals surface area contributed by atoms with Gasteiger partial charge in [0.1, 0.15) is 16.2 Å². The number of para-hydroxylation sites is 1. The van der Waals surface area contributed by atoms with Crippen molar-refractivity contribution >= 4 is 38.3 Å². The van der Waals surface area contributed by atoms with Crippen LogP contribution in [0.5, 0.6) is 0 Å². The summed E-state index contributed by atoms with van der Waals surface area (Å²) >= 11 is 1.41. The van der Waals surface area contributed by atoms with Crippen LogP contribution < -0.4 is 11.1 Å². The number of nitrogens with one attached hydrogen (secondary N) is 1. The lowest BCUT2D eigenvalue weighted by molar-refractivity contribution is 1.33. The summed E-state index contributed by atoms with van der Waals surface area (Å²) in [4.78, 5) is 9.65. The molecule has 3 rings (SSSR count). The van der Waals surface area contributed by atoms with Crippen molar-refractivity contribution in [3.8, 4) is 0 Å². The third-order valence-corrected chi connectivity index (χ3v) is 3.40. The maximum absolute atomic E-state index is 5.71. The van der Waals surface area contributed by atoms with Crippen molar-refractivity contribution in [2.75, 3.05) is 11.1 Å². The van der Waals surface area contributed by atoms with E-state index in [-0.39, 0.29) is 0 Å². The van der Waals surface area contributed by atoms with Gasteiger partial charge in [0.15, 0.2) is 5.13 Å². The smallest absolute Gasteiger partial charge is 0.182 e. The summed E-state index contributed by atoms with van der Waals surface area (Å²) in [6.45, 7) is 2.01. The molecule has 0 saturated carbocycles. The van der Waals surface area contributed by atoms with E-state index in [0.29, 0.717) is 5.13 Å². The molecule has 5 heteroatoms. The Balaban J connectivity index is 2.02. The van der Waals surface area contributed by atoms with E-state index in [0.717, 1.165) is 27.4 Å². The highest BCUT2D eigenvalue weighted by atomic mass is 32.1. The molecule has 0 amide bonds. The molecule has 0 aliphatic rings. The molecule has 2 heterocycles. The second kappa shape index (κ2) is 4.27. The van der Waals surface area contributed by atoms with Crippen LogP contribution in [0.3, 0.4) is 0 Å². The van der Waals surface area contributed by atoms with Gasteiger partial charge in [0.2, 0.25) is 0 Å². The van der Waals surface area contributed by atoms with Crippen LogP contribution in [0.1, 0.15) is 5.56 Å². The summed E-state index contributed by atoms with van der Waals surface area (Å²) in [5.41, 5.74) is 8.68. The van der Waals surface area contributed by atoms with Crippen molar-refractivity contribution in [2.24, 2.45) is 0 Å². The molecule has 3 aromatic rings. The largest absolute Gasteiger partial charge is 0.375 e. The Kier molecular flexibility index (Phi) is 2.60. The summed E-state index contributed by atoms with van der Waals surface area (Å²) in [5.74, 6) is 0.815. The molecule has 0 radical (unpaired) electrons. The van der Waals surface area contributed by atoms with E-state index in [1.165, 1.54) is 11.3 Å². The Morgan fingerprint density at radius 3 is 2.72 bits per heavy atom. The number of pyridine rings is 1. The van der Waals surface area contributed by atoms with Crippen molar-refractivity contribution in [1.82, 2.24) is 9.97 Å². The number of aromatic nitrogens is 2. The van der Waals surface area contributed by atoms with Crippen molar-refractivity contribution in [3.63, 3.8) is 0 Å². The van der Waals surface area contributed by atoms with Gasteiger partial charge in [-0.2, -0.15) is 0 Å². The van der Waals surface area contributed by atoms with Gasteiger partial charge in [-0.3, -0.25) is 0 Å². The average Bonchev–Trinajstić information content (AvgIpc) is 2.72. The number of aryl methyl sites for hydroxylation is 1. The van der Waals surface area contributed by atoms with Crippen LogP contribution in [0.4, 0.5) is 16.6 Å². The summed E-state index contributed by atoms with van der Waals surface area (Å²) in [7, 11) is 0. The van der Waals surface area contributed by atoms with Crippen LogP contribution in [0.2, 0.25) is 0 Å². The number of fused-ring (bicyclic) bond motifs is 1. The van der Waals surface area contributed by atoms with Crippen molar-refractivity contribution < 1.29 is 0 Å². The van der Waals surface area contributed by atoms with Gasteiger partial charge in [-0.1, -0.05) is 29.5 Å². The second-order valence-electron chi connectivity index (χ2n) is 4.02. The van der Waals surface area contributed by atoms with Gasteiger partial charge >= 0.3 is 0 Å². The highest BCUT2D eigenvalue weighted by Gasteiger charge is 2.07. The van der Waals surface area contributed by atoms with E-state index >= 15 is 0 Å². The molecule has 0 bridgehead atoms. The van der Waals surface area contributed by atoms with Gasteiger partial charge in [0.05, 0.1) is 0 Å². The zero-order valence-electron chi connectivity index (χ0n) is 9.84. The molecule has 4 nitrogen and oxygen atoms in total. The molecule has 0 aliphatic carbocycles. The number of hydrogen-bond acceptors (Lipinski definition) is 5. The first kappa shape index (κ1) is 11.0. The third-order valence-electron chi connectivity index (χ3n) is 2.62. The topological polar surface area (TPSA) is 63.8 Å². The van der Waals surface area contributed by atoms with Crippen LogP contribution in [-0.2, 0) is 0 Å². The molecule has 0 saturated heterocycles. The highest BCUT2D eigenvalue weighted by Crippen LogP contribution is 2.27. The molecular formula is C13H12N4S. The van der Waals surface area contributed by atoms with Gasteiger partial charge in [-0.05, 0) is 30.7 Å². The maximum Gasteiger partial charge on any atom is 0.182 e. The minimum atomic E-state index is 0.553. The number of anilines is 3. The Bertz CT molecular complexity index is 691. The van der Waals surface area contributed by atoms with Gasteiger partial charge in [0.25, 0.3) is 0 Å². The Morgan fingerprint density at radius 1 is 1.17 bits per heavy atom. The normalized spacial score (nSPS) is 10.7. The van der Waals surface area contributed by atoms with Crippen LogP contribution in [0.15, 0.2) is 36.4 Å². The number of benzene rings is 1. The number of hydrogen-bond donors (Lipinski definition) is 2. The number of nitrogens with two attached hydrogens (primary N) is 1. The Hall–Kier alpha value is -2.14. The van der Waals surface area contributed by atoms with Crippen molar-refractivity contribution in [1.29, 1.82) is 0 Å². The number of nitrogens with zero attached hydrogens (tertiary/aromatic N) is 2. The molecule has 0 unspecified atom stereocenters. The molecule has 0 fully saturated rings. The lowest BCUT2D eigenvalue weighted by atomic mass is 10.2. The van der Waals surface area contributed by atoms with E-state index in [2.05, 4.69) is 15.3 Å². The molecule has 2 aromatic heterocycles. The number of nitrogen functional groups attached to an aromatic ring is 1. The SMILES string of the molecule is Cc1cc(Nc2ccccc2)nc2sc(N)nc12. The fraction of sp³-hybridized carbons (Fsp3) is 0.0769. The van der Waals surface area contributed by atoms with Crippen molar-refractivity contribution in [3.05, 3.63) is 42.0 Å². The Labute approximate surface area is 109 Å². The van der Waals surface area contributed by atoms with Crippen LogP contribution in [-0.4, -0.2) is 9.97 Å². The molecule has 90 valence electrons. The van der Waals surface area contributed by atoms with Crippen LogP contribution in [0, 0.1) is 6.92 Å². The van der Waals surface area contributed by atoms with E-state index in [4.69, 9.17) is 5.73 Å². The fourth-order valence-corrected chi connectivity index (χ4v) is 2.59. The molecule has 3 N–H and O–H groups in total. The molecule has 18 heavy (non-hydrogen) atoms. The first-order chi connectivity index (χ1) is 8.72.